The summed E-state index contributed by atoms with van der Waals surface area (Å²) in [5.74, 6) is 0.0476. The molecule has 5 nitrogen and oxygen atoms in total. The van der Waals surface area contributed by atoms with Crippen LogP contribution in [0.2, 0.25) is 0 Å². The zero-order chi connectivity index (χ0) is 16.9. The molecule has 0 aliphatic heterocycles. The van der Waals surface area contributed by atoms with Crippen molar-refractivity contribution in [1.82, 2.24) is 5.32 Å². The third-order valence-corrected chi connectivity index (χ3v) is 4.58. The van der Waals surface area contributed by atoms with Gasteiger partial charge in [-0.05, 0) is 30.4 Å². The number of hydrogen-bond acceptors (Lipinski definition) is 4. The SMILES string of the molecule is CC(C)c1ccc(C(C)NC(=O)C(N)CCS(C)(=O)=O)cc1. The summed E-state index contributed by atoms with van der Waals surface area (Å²) in [5, 5.41) is 2.82. The molecule has 22 heavy (non-hydrogen) atoms. The Morgan fingerprint density at radius 1 is 1.14 bits per heavy atom. The smallest absolute Gasteiger partial charge is 0.237 e. The van der Waals surface area contributed by atoms with Gasteiger partial charge in [0.1, 0.15) is 9.84 Å². The molecule has 0 radical (unpaired) electrons. The van der Waals surface area contributed by atoms with Crippen molar-refractivity contribution in [3.63, 3.8) is 0 Å². The number of amides is 1. The van der Waals surface area contributed by atoms with E-state index in [0.29, 0.717) is 5.92 Å². The monoisotopic (exact) mass is 326 g/mol. The second kappa shape index (κ2) is 7.74. The Morgan fingerprint density at radius 3 is 2.09 bits per heavy atom. The van der Waals surface area contributed by atoms with E-state index < -0.39 is 15.9 Å². The summed E-state index contributed by atoms with van der Waals surface area (Å²) < 4.78 is 22.2. The quantitative estimate of drug-likeness (QED) is 0.799. The number of nitrogens with one attached hydrogen (secondary N) is 1. The van der Waals surface area contributed by atoms with Crippen LogP contribution >= 0.6 is 0 Å². The number of rotatable bonds is 7. The van der Waals surface area contributed by atoms with Crippen LogP contribution in [-0.2, 0) is 14.6 Å². The van der Waals surface area contributed by atoms with Gasteiger partial charge < -0.3 is 11.1 Å². The highest BCUT2D eigenvalue weighted by Gasteiger charge is 2.18. The van der Waals surface area contributed by atoms with Gasteiger partial charge in [-0.25, -0.2) is 8.42 Å². The molecule has 1 aromatic carbocycles. The Hall–Kier alpha value is -1.40. The van der Waals surface area contributed by atoms with Crippen LogP contribution in [0.5, 0.6) is 0 Å². The second-order valence-corrected chi connectivity index (χ2v) is 8.34. The molecule has 124 valence electrons. The second-order valence-electron chi connectivity index (χ2n) is 6.08. The zero-order valence-electron chi connectivity index (χ0n) is 13.7. The van der Waals surface area contributed by atoms with Crippen LogP contribution in [0, 0.1) is 0 Å². The van der Waals surface area contributed by atoms with Crippen LogP contribution in [-0.4, -0.2) is 32.4 Å². The van der Waals surface area contributed by atoms with Gasteiger partial charge in [0.05, 0.1) is 17.8 Å². The van der Waals surface area contributed by atoms with Crippen LogP contribution < -0.4 is 11.1 Å². The first kappa shape index (κ1) is 18.6. The largest absolute Gasteiger partial charge is 0.348 e. The third-order valence-electron chi connectivity index (χ3n) is 3.60. The normalized spacial score (nSPS) is 14.6. The highest BCUT2D eigenvalue weighted by molar-refractivity contribution is 7.90. The first-order valence-corrected chi connectivity index (χ1v) is 9.49. The van der Waals surface area contributed by atoms with E-state index in [-0.39, 0.29) is 24.1 Å². The maximum absolute atomic E-state index is 12.0. The minimum atomic E-state index is -3.11. The summed E-state index contributed by atoms with van der Waals surface area (Å²) in [6.45, 7) is 6.13. The molecule has 0 spiro atoms. The first-order chi connectivity index (χ1) is 10.1. The summed E-state index contributed by atoms with van der Waals surface area (Å²) in [6, 6.07) is 7.09. The molecule has 0 bridgehead atoms. The maximum Gasteiger partial charge on any atom is 0.237 e. The number of carbonyl (C=O) groups is 1. The van der Waals surface area contributed by atoms with Gasteiger partial charge in [-0.1, -0.05) is 38.1 Å². The minimum Gasteiger partial charge on any atom is -0.348 e. The van der Waals surface area contributed by atoms with E-state index in [1.807, 2.05) is 31.2 Å². The maximum atomic E-state index is 12.0. The van der Waals surface area contributed by atoms with Crippen LogP contribution in [0.15, 0.2) is 24.3 Å². The molecular formula is C16H26N2O3S. The summed E-state index contributed by atoms with van der Waals surface area (Å²) >= 11 is 0. The van der Waals surface area contributed by atoms with Crippen LogP contribution in [0.25, 0.3) is 0 Å². The van der Waals surface area contributed by atoms with Gasteiger partial charge in [0.15, 0.2) is 0 Å². The Bertz CT molecular complexity index is 594. The van der Waals surface area contributed by atoms with Crippen molar-refractivity contribution in [2.75, 3.05) is 12.0 Å². The van der Waals surface area contributed by atoms with Crippen molar-refractivity contribution < 1.29 is 13.2 Å². The standard InChI is InChI=1S/C16H26N2O3S/c1-11(2)13-5-7-14(8-6-13)12(3)18-16(19)15(17)9-10-22(4,20)21/h5-8,11-12,15H,9-10,17H2,1-4H3,(H,18,19). The van der Waals surface area contributed by atoms with E-state index in [1.54, 1.807) is 0 Å². The van der Waals surface area contributed by atoms with Crippen molar-refractivity contribution in [3.8, 4) is 0 Å². The Morgan fingerprint density at radius 2 is 1.64 bits per heavy atom. The molecule has 0 heterocycles. The fourth-order valence-corrected chi connectivity index (χ4v) is 2.73. The molecule has 1 amide bonds. The van der Waals surface area contributed by atoms with Crippen molar-refractivity contribution in [1.29, 1.82) is 0 Å². The molecule has 3 N–H and O–H groups in total. The van der Waals surface area contributed by atoms with Crippen molar-refractivity contribution in [3.05, 3.63) is 35.4 Å². The molecule has 2 unspecified atom stereocenters. The molecule has 2 atom stereocenters. The van der Waals surface area contributed by atoms with E-state index >= 15 is 0 Å². The van der Waals surface area contributed by atoms with Crippen LogP contribution in [0.1, 0.15) is 50.3 Å². The summed E-state index contributed by atoms with van der Waals surface area (Å²) in [6.07, 6.45) is 1.26. The van der Waals surface area contributed by atoms with Crippen LogP contribution in [0.4, 0.5) is 0 Å². The number of benzene rings is 1. The molecular weight excluding hydrogens is 300 g/mol. The summed E-state index contributed by atoms with van der Waals surface area (Å²) in [4.78, 5) is 12.0. The molecule has 0 saturated carbocycles. The minimum absolute atomic E-state index is 0.0843. The lowest BCUT2D eigenvalue weighted by Crippen LogP contribution is -2.42. The lowest BCUT2D eigenvalue weighted by atomic mass is 9.99. The van der Waals surface area contributed by atoms with Crippen molar-refractivity contribution >= 4 is 15.7 Å². The van der Waals surface area contributed by atoms with E-state index in [2.05, 4.69) is 19.2 Å². The predicted octanol–water partition coefficient (Wildman–Crippen LogP) is 1.75. The highest BCUT2D eigenvalue weighted by Crippen LogP contribution is 2.18. The van der Waals surface area contributed by atoms with E-state index in [0.717, 1.165) is 11.8 Å². The first-order valence-electron chi connectivity index (χ1n) is 7.43. The van der Waals surface area contributed by atoms with Gasteiger partial charge in [0.2, 0.25) is 5.91 Å². The fourth-order valence-electron chi connectivity index (χ4n) is 2.05. The van der Waals surface area contributed by atoms with Crippen LogP contribution in [0.3, 0.4) is 0 Å². The molecule has 1 rings (SSSR count). The Labute approximate surface area is 133 Å². The number of carbonyl (C=O) groups excluding carboxylic acids is 1. The number of nitrogens with two attached hydrogens (primary N) is 1. The summed E-state index contributed by atoms with van der Waals surface area (Å²) in [5.41, 5.74) is 7.97. The van der Waals surface area contributed by atoms with Gasteiger partial charge in [0.25, 0.3) is 0 Å². The fraction of sp³-hybridized carbons (Fsp3) is 0.562. The molecule has 0 fully saturated rings. The van der Waals surface area contributed by atoms with Crippen molar-refractivity contribution in [2.24, 2.45) is 5.73 Å². The highest BCUT2D eigenvalue weighted by atomic mass is 32.2. The van der Waals surface area contributed by atoms with E-state index in [1.165, 1.54) is 5.56 Å². The van der Waals surface area contributed by atoms with E-state index in [9.17, 15) is 13.2 Å². The van der Waals surface area contributed by atoms with Crippen molar-refractivity contribution in [2.45, 2.75) is 45.2 Å². The molecule has 0 aliphatic rings. The van der Waals surface area contributed by atoms with Gasteiger partial charge >= 0.3 is 0 Å². The average molecular weight is 326 g/mol. The number of hydrogen-bond donors (Lipinski definition) is 2. The third kappa shape index (κ3) is 6.15. The molecule has 0 saturated heterocycles. The molecule has 1 aromatic rings. The zero-order valence-corrected chi connectivity index (χ0v) is 14.5. The molecule has 0 aromatic heterocycles. The van der Waals surface area contributed by atoms with Gasteiger partial charge in [-0.2, -0.15) is 0 Å². The van der Waals surface area contributed by atoms with Gasteiger partial charge in [0, 0.05) is 6.26 Å². The topological polar surface area (TPSA) is 89.3 Å². The Balaban J connectivity index is 2.59. The van der Waals surface area contributed by atoms with Gasteiger partial charge in [-0.15, -0.1) is 0 Å². The van der Waals surface area contributed by atoms with Gasteiger partial charge in [-0.3, -0.25) is 4.79 Å². The Kier molecular flexibility index (Phi) is 6.56. The lowest BCUT2D eigenvalue weighted by molar-refractivity contribution is -0.123. The number of sulfone groups is 1. The summed E-state index contributed by atoms with van der Waals surface area (Å²) in [7, 11) is -3.11. The predicted molar refractivity (Wildman–Crippen MR) is 89.4 cm³/mol. The van der Waals surface area contributed by atoms with E-state index in [4.69, 9.17) is 5.73 Å². The lowest BCUT2D eigenvalue weighted by Gasteiger charge is -2.18. The average Bonchev–Trinajstić information content (AvgIpc) is 2.43. The molecule has 0 aliphatic carbocycles. The molecule has 6 heteroatoms.